The van der Waals surface area contributed by atoms with E-state index in [1.807, 2.05) is 6.08 Å². The molecule has 2 nitrogen and oxygen atoms in total. The van der Waals surface area contributed by atoms with Gasteiger partial charge in [-0.15, -0.1) is 0 Å². The fourth-order valence-electron chi connectivity index (χ4n) is 2.08. The molecule has 0 aromatic rings. The van der Waals surface area contributed by atoms with Crippen LogP contribution >= 0.6 is 0 Å². The molecule has 2 heteroatoms. The first-order valence-electron chi connectivity index (χ1n) is 5.36. The monoisotopic (exact) mass is 195 g/mol. The van der Waals surface area contributed by atoms with Gasteiger partial charge < -0.3 is 5.11 Å². The van der Waals surface area contributed by atoms with Crippen LogP contribution in [-0.2, 0) is 4.79 Å². The van der Waals surface area contributed by atoms with Crippen molar-refractivity contribution in [1.82, 2.24) is 0 Å². The molecule has 1 saturated carbocycles. The third kappa shape index (κ3) is 3.17. The van der Waals surface area contributed by atoms with Crippen LogP contribution < -0.4 is 0 Å². The molecule has 0 atom stereocenters. The quantitative estimate of drug-likeness (QED) is 0.702. The summed E-state index contributed by atoms with van der Waals surface area (Å²) in [6.07, 6.45) is 8.22. The topological polar surface area (TPSA) is 37.3 Å². The van der Waals surface area contributed by atoms with Crippen molar-refractivity contribution in [3.8, 4) is 0 Å². The van der Waals surface area contributed by atoms with E-state index >= 15 is 0 Å². The second kappa shape index (κ2) is 5.18. The van der Waals surface area contributed by atoms with Gasteiger partial charge in [-0.25, -0.2) is 4.79 Å². The second-order valence-corrected chi connectivity index (χ2v) is 4.21. The highest BCUT2D eigenvalue weighted by Gasteiger charge is 2.19. The Labute approximate surface area is 86.0 Å². The summed E-state index contributed by atoms with van der Waals surface area (Å²) in [4.78, 5) is 10.6. The Morgan fingerprint density at radius 2 is 1.79 bits per heavy atom. The predicted octanol–water partition coefficient (Wildman–Crippen LogP) is 3.19. The van der Waals surface area contributed by atoms with Crippen molar-refractivity contribution in [2.75, 3.05) is 0 Å². The number of rotatable bonds is 3. The van der Waals surface area contributed by atoms with E-state index in [2.05, 4.69) is 6.92 Å². The molecular formula is C12H19O2. The molecule has 14 heavy (non-hydrogen) atoms. The smallest absolute Gasteiger partial charge is 0.330 e. The maximum atomic E-state index is 10.6. The zero-order valence-corrected chi connectivity index (χ0v) is 9.05. The highest BCUT2D eigenvalue weighted by Crippen LogP contribution is 2.32. The molecule has 79 valence electrons. The first kappa shape index (κ1) is 11.3. The average Bonchev–Trinajstić information content (AvgIpc) is 2.19. The summed E-state index contributed by atoms with van der Waals surface area (Å²) < 4.78 is 0. The first-order chi connectivity index (χ1) is 6.61. The molecular weight excluding hydrogens is 176 g/mol. The van der Waals surface area contributed by atoms with Crippen molar-refractivity contribution >= 4 is 5.97 Å². The number of carbonyl (C=O) groups is 1. The van der Waals surface area contributed by atoms with Crippen LogP contribution in [0.15, 0.2) is 11.6 Å². The van der Waals surface area contributed by atoms with Crippen LogP contribution in [0.5, 0.6) is 0 Å². The van der Waals surface area contributed by atoms with Crippen molar-refractivity contribution in [3.63, 3.8) is 0 Å². The number of allylic oxidation sites excluding steroid dienone is 1. The van der Waals surface area contributed by atoms with Crippen molar-refractivity contribution in [3.05, 3.63) is 17.6 Å². The number of carboxylic acids is 1. The minimum absolute atomic E-state index is 0.452. The van der Waals surface area contributed by atoms with Gasteiger partial charge in [-0.3, -0.25) is 0 Å². The lowest BCUT2D eigenvalue weighted by molar-refractivity contribution is -0.132. The van der Waals surface area contributed by atoms with Gasteiger partial charge in [0.1, 0.15) is 0 Å². The van der Waals surface area contributed by atoms with Crippen LogP contribution in [-0.4, -0.2) is 11.1 Å². The minimum atomic E-state index is -0.805. The van der Waals surface area contributed by atoms with Crippen LogP contribution in [0.25, 0.3) is 0 Å². The second-order valence-electron chi connectivity index (χ2n) is 4.21. The molecule has 1 fully saturated rings. The SMILES string of the molecule is C[C](C=C(C)C(=O)O)C1CCCCC1. The summed E-state index contributed by atoms with van der Waals surface area (Å²) in [6, 6.07) is 0. The van der Waals surface area contributed by atoms with E-state index in [-0.39, 0.29) is 0 Å². The largest absolute Gasteiger partial charge is 0.478 e. The fraction of sp³-hybridized carbons (Fsp3) is 0.667. The van der Waals surface area contributed by atoms with E-state index in [1.54, 1.807) is 6.92 Å². The molecule has 0 aliphatic heterocycles. The summed E-state index contributed by atoms with van der Waals surface area (Å²) in [5.74, 6) is 1.06. The van der Waals surface area contributed by atoms with Crippen LogP contribution in [0.4, 0.5) is 0 Å². The van der Waals surface area contributed by atoms with Gasteiger partial charge in [0.05, 0.1) is 0 Å². The molecule has 0 spiro atoms. The van der Waals surface area contributed by atoms with Crippen LogP contribution in [0, 0.1) is 11.8 Å². The summed E-state index contributed by atoms with van der Waals surface area (Å²) in [6.45, 7) is 3.72. The molecule has 0 aromatic carbocycles. The third-order valence-electron chi connectivity index (χ3n) is 3.03. The van der Waals surface area contributed by atoms with E-state index in [9.17, 15) is 4.79 Å². The zero-order chi connectivity index (χ0) is 10.6. The lowest BCUT2D eigenvalue weighted by Crippen LogP contribution is -2.13. The van der Waals surface area contributed by atoms with Crippen LogP contribution in [0.1, 0.15) is 46.0 Å². The average molecular weight is 195 g/mol. The van der Waals surface area contributed by atoms with E-state index < -0.39 is 5.97 Å². The Hall–Kier alpha value is -0.790. The predicted molar refractivity (Wildman–Crippen MR) is 56.9 cm³/mol. The molecule has 0 unspecified atom stereocenters. The molecule has 0 saturated heterocycles. The molecule has 0 amide bonds. The Morgan fingerprint density at radius 3 is 2.29 bits per heavy atom. The summed E-state index contributed by atoms with van der Waals surface area (Å²) in [5, 5.41) is 8.75. The highest BCUT2D eigenvalue weighted by molar-refractivity contribution is 5.86. The Balaban J connectivity index is 2.51. The van der Waals surface area contributed by atoms with Gasteiger partial charge in [-0.05, 0) is 31.6 Å². The van der Waals surface area contributed by atoms with E-state index in [0.29, 0.717) is 11.5 Å². The highest BCUT2D eigenvalue weighted by atomic mass is 16.4. The molecule has 1 aliphatic carbocycles. The van der Waals surface area contributed by atoms with Gasteiger partial charge >= 0.3 is 5.97 Å². The lowest BCUT2D eigenvalue weighted by Gasteiger charge is -2.25. The van der Waals surface area contributed by atoms with E-state index in [0.717, 1.165) is 0 Å². The number of hydrogen-bond donors (Lipinski definition) is 1. The van der Waals surface area contributed by atoms with Gasteiger partial charge in [-0.1, -0.05) is 32.3 Å². The van der Waals surface area contributed by atoms with Gasteiger partial charge in [0.25, 0.3) is 0 Å². The third-order valence-corrected chi connectivity index (χ3v) is 3.03. The summed E-state index contributed by atoms with van der Waals surface area (Å²) in [5.41, 5.74) is 0.452. The van der Waals surface area contributed by atoms with Gasteiger partial charge in [0.2, 0.25) is 0 Å². The van der Waals surface area contributed by atoms with E-state index in [4.69, 9.17) is 5.11 Å². The van der Waals surface area contributed by atoms with Gasteiger partial charge in [0, 0.05) is 5.57 Å². The molecule has 0 aromatic heterocycles. The van der Waals surface area contributed by atoms with E-state index in [1.165, 1.54) is 38.0 Å². The first-order valence-corrected chi connectivity index (χ1v) is 5.36. The number of aliphatic carboxylic acids is 1. The van der Waals surface area contributed by atoms with Crippen LogP contribution in [0.3, 0.4) is 0 Å². The Bertz CT molecular complexity index is 224. The van der Waals surface area contributed by atoms with Gasteiger partial charge in [0.15, 0.2) is 0 Å². The Morgan fingerprint density at radius 1 is 1.21 bits per heavy atom. The zero-order valence-electron chi connectivity index (χ0n) is 9.05. The maximum Gasteiger partial charge on any atom is 0.330 e. The summed E-state index contributed by atoms with van der Waals surface area (Å²) >= 11 is 0. The minimum Gasteiger partial charge on any atom is -0.478 e. The Kier molecular flexibility index (Phi) is 4.18. The number of hydrogen-bond acceptors (Lipinski definition) is 1. The van der Waals surface area contributed by atoms with Crippen molar-refractivity contribution in [1.29, 1.82) is 0 Å². The fourth-order valence-corrected chi connectivity index (χ4v) is 2.08. The standard InChI is InChI=1S/C12H19O2/c1-9(8-10(2)12(13)14)11-6-4-3-5-7-11/h8,11H,3-7H2,1-2H3,(H,13,14). The van der Waals surface area contributed by atoms with Gasteiger partial charge in [-0.2, -0.15) is 0 Å². The maximum absolute atomic E-state index is 10.6. The van der Waals surface area contributed by atoms with Crippen LogP contribution in [0.2, 0.25) is 0 Å². The summed E-state index contributed by atoms with van der Waals surface area (Å²) in [7, 11) is 0. The molecule has 1 N–H and O–H groups in total. The van der Waals surface area contributed by atoms with Crippen molar-refractivity contribution < 1.29 is 9.90 Å². The lowest BCUT2D eigenvalue weighted by atomic mass is 9.80. The molecule has 0 heterocycles. The van der Waals surface area contributed by atoms with Crippen molar-refractivity contribution in [2.45, 2.75) is 46.0 Å². The molecule has 1 radical (unpaired) electrons. The van der Waals surface area contributed by atoms with Crippen molar-refractivity contribution in [2.24, 2.45) is 5.92 Å². The molecule has 0 bridgehead atoms. The number of carboxylic acid groups (broad SMARTS) is 1. The normalized spacial score (nSPS) is 20.1. The molecule has 1 rings (SSSR count). The molecule has 1 aliphatic rings.